The third-order valence-electron chi connectivity index (χ3n) is 4.93. The smallest absolute Gasteiger partial charge is 0.341 e. The number of benzene rings is 1. The van der Waals surface area contributed by atoms with Crippen molar-refractivity contribution in [1.29, 1.82) is 0 Å². The van der Waals surface area contributed by atoms with Crippen LogP contribution in [0.2, 0.25) is 0 Å². The molecule has 0 radical (unpaired) electrons. The van der Waals surface area contributed by atoms with Gasteiger partial charge in [-0.2, -0.15) is 0 Å². The van der Waals surface area contributed by atoms with Crippen LogP contribution in [-0.4, -0.2) is 20.6 Å². The molecule has 6 nitrogen and oxygen atoms in total. The fraction of sp³-hybridized carbons (Fsp3) is 0.250. The summed E-state index contributed by atoms with van der Waals surface area (Å²) in [5, 5.41) is 8.89. The number of rotatable bonds is 3. The van der Waals surface area contributed by atoms with Gasteiger partial charge in [-0.05, 0) is 44.4 Å². The van der Waals surface area contributed by atoms with Gasteiger partial charge in [0.1, 0.15) is 5.56 Å². The van der Waals surface area contributed by atoms with Crippen molar-refractivity contribution in [2.45, 2.75) is 32.7 Å². The highest BCUT2D eigenvalue weighted by Gasteiger charge is 2.31. The number of aromatic carboxylic acids is 1. The van der Waals surface area contributed by atoms with E-state index in [0.717, 1.165) is 6.20 Å². The van der Waals surface area contributed by atoms with Crippen LogP contribution in [0.15, 0.2) is 23.1 Å². The number of nitrogens with zero attached hydrogens (tertiary/aromatic N) is 2. The van der Waals surface area contributed by atoms with E-state index < -0.39 is 39.7 Å². The number of carbonyl (C=O) groups is 1. The fourth-order valence-electron chi connectivity index (χ4n) is 3.59. The Kier molecular flexibility index (Phi) is 3.95. The van der Waals surface area contributed by atoms with E-state index in [4.69, 9.17) is 5.73 Å². The molecular formula is C20H17F2N3O3. The average Bonchev–Trinajstić information content (AvgIpc) is 3.43. The summed E-state index contributed by atoms with van der Waals surface area (Å²) in [4.78, 5) is 28.3. The van der Waals surface area contributed by atoms with E-state index in [9.17, 15) is 14.7 Å². The molecule has 0 bridgehead atoms. The maximum absolute atomic E-state index is 15.6. The quantitative estimate of drug-likeness (QED) is 0.672. The van der Waals surface area contributed by atoms with Crippen molar-refractivity contribution in [3.63, 3.8) is 0 Å². The summed E-state index contributed by atoms with van der Waals surface area (Å²) < 4.78 is 32.1. The molecule has 2 aromatic heterocycles. The van der Waals surface area contributed by atoms with Crippen LogP contribution >= 0.6 is 0 Å². The molecule has 144 valence electrons. The number of fused-ring (bicyclic) bond motifs is 1. The Morgan fingerprint density at radius 2 is 1.82 bits per heavy atom. The topological polar surface area (TPSA) is 98.2 Å². The lowest BCUT2D eigenvalue weighted by Crippen LogP contribution is -2.21. The number of carboxylic acids is 1. The molecule has 3 N–H and O–H groups in total. The first kappa shape index (κ1) is 18.1. The second-order valence-electron chi connectivity index (χ2n) is 7.09. The van der Waals surface area contributed by atoms with Gasteiger partial charge in [-0.15, -0.1) is 0 Å². The predicted octanol–water partition coefficient (Wildman–Crippen LogP) is 3.57. The number of halogens is 2. The first-order chi connectivity index (χ1) is 13.2. The largest absolute Gasteiger partial charge is 0.477 e. The molecule has 3 aromatic rings. The molecule has 0 unspecified atom stereocenters. The number of nitrogens with two attached hydrogens (primary N) is 1. The Morgan fingerprint density at radius 1 is 1.21 bits per heavy atom. The van der Waals surface area contributed by atoms with Gasteiger partial charge in [-0.1, -0.05) is 0 Å². The Morgan fingerprint density at radius 3 is 2.36 bits per heavy atom. The molecule has 1 saturated carbocycles. The molecule has 2 heterocycles. The molecule has 0 saturated heterocycles. The number of aryl methyl sites for hydroxylation is 2. The molecule has 0 aliphatic heterocycles. The van der Waals surface area contributed by atoms with Gasteiger partial charge in [0.05, 0.1) is 22.2 Å². The van der Waals surface area contributed by atoms with Gasteiger partial charge in [0.25, 0.3) is 0 Å². The third kappa shape index (κ3) is 2.64. The van der Waals surface area contributed by atoms with Crippen molar-refractivity contribution in [3.05, 3.63) is 57.1 Å². The normalized spacial score (nSPS) is 13.9. The van der Waals surface area contributed by atoms with E-state index in [1.807, 2.05) is 0 Å². The molecule has 0 spiro atoms. The van der Waals surface area contributed by atoms with Gasteiger partial charge in [0.15, 0.2) is 11.6 Å². The first-order valence-corrected chi connectivity index (χ1v) is 8.75. The van der Waals surface area contributed by atoms with E-state index >= 15 is 8.78 Å². The highest BCUT2D eigenvalue weighted by Crippen LogP contribution is 2.41. The summed E-state index contributed by atoms with van der Waals surface area (Å²) in [7, 11) is 0. The van der Waals surface area contributed by atoms with Gasteiger partial charge in [0.2, 0.25) is 5.43 Å². The number of anilines is 1. The predicted molar refractivity (Wildman–Crippen MR) is 100 cm³/mol. The summed E-state index contributed by atoms with van der Waals surface area (Å²) in [5.41, 5.74) is 4.67. The van der Waals surface area contributed by atoms with Gasteiger partial charge >= 0.3 is 5.97 Å². The first-order valence-electron chi connectivity index (χ1n) is 8.75. The van der Waals surface area contributed by atoms with Crippen LogP contribution in [0.4, 0.5) is 14.5 Å². The molecule has 0 atom stereocenters. The third-order valence-corrected chi connectivity index (χ3v) is 4.93. The SMILES string of the molecule is Cc1cc(-c2c(F)c(N)c3c(=O)c(C(=O)O)cn(C4CC4)c3c2F)cc(C)n1. The zero-order valence-corrected chi connectivity index (χ0v) is 15.2. The van der Waals surface area contributed by atoms with Gasteiger partial charge < -0.3 is 15.4 Å². The van der Waals surface area contributed by atoms with Crippen molar-refractivity contribution in [2.24, 2.45) is 0 Å². The summed E-state index contributed by atoms with van der Waals surface area (Å²) >= 11 is 0. The maximum Gasteiger partial charge on any atom is 0.341 e. The van der Waals surface area contributed by atoms with E-state index in [2.05, 4.69) is 4.98 Å². The second-order valence-corrected chi connectivity index (χ2v) is 7.09. The molecule has 0 amide bonds. The van der Waals surface area contributed by atoms with Crippen LogP contribution in [0.5, 0.6) is 0 Å². The second kappa shape index (κ2) is 6.12. The van der Waals surface area contributed by atoms with Gasteiger partial charge in [0, 0.05) is 23.6 Å². The summed E-state index contributed by atoms with van der Waals surface area (Å²) in [6.07, 6.45) is 2.53. The molecular weight excluding hydrogens is 368 g/mol. The van der Waals surface area contributed by atoms with Crippen molar-refractivity contribution in [2.75, 3.05) is 5.73 Å². The van der Waals surface area contributed by atoms with E-state index in [0.29, 0.717) is 24.2 Å². The Labute approximate surface area is 158 Å². The molecule has 8 heteroatoms. The number of aromatic nitrogens is 2. The fourth-order valence-corrected chi connectivity index (χ4v) is 3.59. The molecule has 1 aromatic carbocycles. The Balaban J connectivity index is 2.19. The molecule has 28 heavy (non-hydrogen) atoms. The van der Waals surface area contributed by atoms with Crippen LogP contribution in [0.25, 0.3) is 22.0 Å². The van der Waals surface area contributed by atoms with Crippen molar-refractivity contribution in [3.8, 4) is 11.1 Å². The lowest BCUT2D eigenvalue weighted by atomic mass is 9.98. The minimum absolute atomic E-state index is 0.158. The van der Waals surface area contributed by atoms with Crippen molar-refractivity contribution >= 4 is 22.6 Å². The van der Waals surface area contributed by atoms with Gasteiger partial charge in [-0.25, -0.2) is 13.6 Å². The highest BCUT2D eigenvalue weighted by molar-refractivity contribution is 6.00. The van der Waals surface area contributed by atoms with E-state index in [1.54, 1.807) is 13.8 Å². The van der Waals surface area contributed by atoms with Crippen LogP contribution in [0.1, 0.15) is 40.6 Å². The minimum atomic E-state index is -1.47. The molecule has 1 fully saturated rings. The van der Waals surface area contributed by atoms with E-state index in [1.165, 1.54) is 16.7 Å². The van der Waals surface area contributed by atoms with E-state index in [-0.39, 0.29) is 22.7 Å². The van der Waals surface area contributed by atoms with Crippen LogP contribution in [-0.2, 0) is 0 Å². The Hall–Kier alpha value is -3.29. The standard InChI is InChI=1S/C20H17F2N3O3/c1-8-5-10(6-9(2)24-8)13-15(21)17(23)14-18(16(13)22)25(11-3-4-11)7-12(19(14)26)20(27)28/h5-7,11H,3-4,23H2,1-2H3,(H,27,28). The summed E-state index contributed by atoms with van der Waals surface area (Å²) in [6.45, 7) is 3.41. The zero-order valence-electron chi connectivity index (χ0n) is 15.2. The summed E-state index contributed by atoms with van der Waals surface area (Å²) in [6, 6.07) is 2.91. The molecule has 1 aliphatic rings. The highest BCUT2D eigenvalue weighted by atomic mass is 19.1. The number of hydrogen-bond donors (Lipinski definition) is 2. The number of carboxylic acid groups (broad SMARTS) is 1. The molecule has 4 rings (SSSR count). The zero-order chi connectivity index (χ0) is 20.3. The van der Waals surface area contributed by atoms with Crippen molar-refractivity contribution in [1.82, 2.24) is 9.55 Å². The minimum Gasteiger partial charge on any atom is -0.477 e. The maximum atomic E-state index is 15.6. The van der Waals surface area contributed by atoms with Crippen LogP contribution in [0.3, 0.4) is 0 Å². The van der Waals surface area contributed by atoms with Crippen molar-refractivity contribution < 1.29 is 18.7 Å². The number of nitrogen functional groups attached to an aromatic ring is 1. The Bertz CT molecular complexity index is 1210. The van der Waals surface area contributed by atoms with Crippen LogP contribution in [0, 0.1) is 25.5 Å². The van der Waals surface area contributed by atoms with Crippen LogP contribution < -0.4 is 11.2 Å². The lowest BCUT2D eigenvalue weighted by molar-refractivity contribution is 0.0695. The number of pyridine rings is 2. The van der Waals surface area contributed by atoms with Gasteiger partial charge in [-0.3, -0.25) is 9.78 Å². The summed E-state index contributed by atoms with van der Waals surface area (Å²) in [5.74, 6) is -3.49. The number of hydrogen-bond acceptors (Lipinski definition) is 4. The monoisotopic (exact) mass is 385 g/mol. The average molecular weight is 385 g/mol. The lowest BCUT2D eigenvalue weighted by Gasteiger charge is -2.17. The molecule has 1 aliphatic carbocycles.